The molecule has 2 heteroatoms. The van der Waals surface area contributed by atoms with Crippen molar-refractivity contribution in [1.29, 1.82) is 0 Å². The first kappa shape index (κ1) is 33.6. The number of hydrogen-bond acceptors (Lipinski definition) is 2. The van der Waals surface area contributed by atoms with Gasteiger partial charge in [0.25, 0.3) is 0 Å². The van der Waals surface area contributed by atoms with Gasteiger partial charge in [-0.15, -0.1) is 0 Å². The molecule has 0 radical (unpaired) electrons. The quantitative estimate of drug-likeness (QED) is 0.161. The minimum Gasteiger partial charge on any atom is -0.311 e. The summed E-state index contributed by atoms with van der Waals surface area (Å²) in [6, 6.07) is 83.6. The van der Waals surface area contributed by atoms with Gasteiger partial charge >= 0.3 is 0 Å². The average molecular weight is 739 g/mol. The van der Waals surface area contributed by atoms with Crippen molar-refractivity contribution in [3.05, 3.63) is 231 Å². The lowest BCUT2D eigenvalue weighted by molar-refractivity contribution is 1.28. The van der Waals surface area contributed by atoms with Gasteiger partial charge in [0.15, 0.2) is 0 Å². The maximum atomic E-state index is 2.45. The van der Waals surface area contributed by atoms with Gasteiger partial charge in [0.1, 0.15) is 0 Å². The monoisotopic (exact) mass is 738 g/mol. The predicted octanol–water partition coefficient (Wildman–Crippen LogP) is 15.9. The molecule has 0 saturated carbocycles. The summed E-state index contributed by atoms with van der Waals surface area (Å²) in [6.45, 7) is 0. The van der Waals surface area contributed by atoms with Crippen LogP contribution in [0, 0.1) is 0 Å². The molecule has 272 valence electrons. The van der Waals surface area contributed by atoms with E-state index in [2.05, 4.69) is 240 Å². The van der Waals surface area contributed by atoms with Crippen LogP contribution in [0.5, 0.6) is 0 Å². The molecule has 2 nitrogen and oxygen atoms in total. The molecule has 0 spiro atoms. The van der Waals surface area contributed by atoms with Crippen molar-refractivity contribution in [2.24, 2.45) is 0 Å². The highest BCUT2D eigenvalue weighted by atomic mass is 15.2. The summed E-state index contributed by atoms with van der Waals surface area (Å²) in [7, 11) is 0. The number of hydrogen-bond donors (Lipinski definition) is 0. The Morgan fingerprint density at radius 2 is 0.793 bits per heavy atom. The average Bonchev–Trinajstić information content (AvgIpc) is 3.30. The van der Waals surface area contributed by atoms with Crippen LogP contribution in [-0.4, -0.2) is 0 Å². The van der Waals surface area contributed by atoms with Gasteiger partial charge in [-0.1, -0.05) is 170 Å². The van der Waals surface area contributed by atoms with E-state index in [1.807, 2.05) is 0 Å². The van der Waals surface area contributed by atoms with E-state index < -0.39 is 0 Å². The van der Waals surface area contributed by atoms with Crippen LogP contribution in [0.15, 0.2) is 231 Å². The fourth-order valence-electron chi connectivity index (χ4n) is 8.80. The van der Waals surface area contributed by atoms with Crippen LogP contribution in [0.3, 0.4) is 0 Å². The molecular formula is C56H38N2. The van der Waals surface area contributed by atoms with Crippen LogP contribution < -0.4 is 9.80 Å². The zero-order chi connectivity index (χ0) is 38.4. The van der Waals surface area contributed by atoms with Crippen LogP contribution in [0.1, 0.15) is 0 Å². The minimum atomic E-state index is 1.10. The molecule has 0 fully saturated rings. The smallest absolute Gasteiger partial charge is 0.0547 e. The topological polar surface area (TPSA) is 6.48 Å². The Morgan fingerprint density at radius 3 is 1.41 bits per heavy atom. The molecule has 1 aliphatic rings. The molecule has 58 heavy (non-hydrogen) atoms. The zero-order valence-electron chi connectivity index (χ0n) is 31.8. The highest BCUT2D eigenvalue weighted by Crippen LogP contribution is 2.53. The molecule has 10 aromatic rings. The van der Waals surface area contributed by atoms with Gasteiger partial charge in [-0.3, -0.25) is 0 Å². The number of rotatable bonds is 7. The second-order valence-corrected chi connectivity index (χ2v) is 15.0. The highest BCUT2D eigenvalue weighted by molar-refractivity contribution is 6.19. The lowest BCUT2D eigenvalue weighted by atomic mass is 9.87. The van der Waals surface area contributed by atoms with Crippen LogP contribution in [0.2, 0.25) is 0 Å². The van der Waals surface area contributed by atoms with Gasteiger partial charge in [0.2, 0.25) is 0 Å². The third-order valence-electron chi connectivity index (χ3n) is 11.6. The molecule has 0 unspecified atom stereocenters. The molecule has 11 rings (SSSR count). The number of nitrogens with zero attached hydrogens (tertiary/aromatic N) is 2. The Morgan fingerprint density at radius 1 is 0.310 bits per heavy atom. The van der Waals surface area contributed by atoms with E-state index >= 15 is 0 Å². The number of benzene rings is 10. The molecule has 0 aliphatic carbocycles. The summed E-state index contributed by atoms with van der Waals surface area (Å²) >= 11 is 0. The van der Waals surface area contributed by atoms with E-state index in [0.29, 0.717) is 0 Å². The summed E-state index contributed by atoms with van der Waals surface area (Å²) in [5.74, 6) is 0. The van der Waals surface area contributed by atoms with E-state index in [1.54, 1.807) is 0 Å². The fourth-order valence-corrected chi connectivity index (χ4v) is 8.80. The van der Waals surface area contributed by atoms with Crippen LogP contribution in [0.25, 0.3) is 66.1 Å². The van der Waals surface area contributed by atoms with Crippen LogP contribution >= 0.6 is 0 Å². The van der Waals surface area contributed by atoms with Crippen molar-refractivity contribution in [1.82, 2.24) is 0 Å². The largest absolute Gasteiger partial charge is 0.311 e. The molecule has 0 atom stereocenters. The molecule has 1 aliphatic heterocycles. The Labute approximate surface area is 339 Å². The molecule has 0 N–H and O–H groups in total. The SMILES string of the molecule is c1ccc(-c2ccc(N(c3ccc(-c4ccccc4)cc3)c3ccc(-c4cccc(N5c6ccc7ccccc7c6-c6cccc7cccc5c67)c4)cc3)cc2)cc1. The molecule has 0 aromatic heterocycles. The van der Waals surface area contributed by atoms with Gasteiger partial charge in [-0.05, 0) is 116 Å². The standard InChI is InChI=1S/C56H38N2/c1-3-12-39(13-4-1)41-24-31-47(32-25-41)57(48-33-26-42(27-34-48)40-14-5-2-6-15-40)49-35-28-43(29-36-49)46-19-9-20-50(38-46)58-53-23-11-18-45-17-10-22-52(55(45)53)56-51-21-8-7-16-44(51)30-37-54(56)58/h1-38H. The lowest BCUT2D eigenvalue weighted by Crippen LogP contribution is -2.15. The van der Waals surface area contributed by atoms with E-state index in [-0.39, 0.29) is 0 Å². The van der Waals surface area contributed by atoms with Gasteiger partial charge in [0, 0.05) is 33.7 Å². The Hall–Kier alpha value is -7.68. The van der Waals surface area contributed by atoms with Crippen molar-refractivity contribution < 1.29 is 0 Å². The first-order valence-corrected chi connectivity index (χ1v) is 19.9. The minimum absolute atomic E-state index is 1.10. The number of fused-ring (bicyclic) bond motifs is 4. The van der Waals surface area contributed by atoms with Gasteiger partial charge in [0.05, 0.1) is 11.4 Å². The van der Waals surface area contributed by atoms with E-state index in [1.165, 1.54) is 77.4 Å². The molecule has 0 bridgehead atoms. The third kappa shape index (κ3) is 5.82. The Kier molecular flexibility index (Phi) is 8.19. The number of anilines is 6. The summed E-state index contributed by atoms with van der Waals surface area (Å²) in [6.07, 6.45) is 0. The van der Waals surface area contributed by atoms with Crippen molar-refractivity contribution >= 4 is 55.7 Å². The maximum Gasteiger partial charge on any atom is 0.0547 e. The van der Waals surface area contributed by atoms with Crippen LogP contribution in [-0.2, 0) is 0 Å². The summed E-state index contributed by atoms with van der Waals surface area (Å²) in [5, 5.41) is 5.06. The fraction of sp³-hybridized carbons (Fsp3) is 0. The second-order valence-electron chi connectivity index (χ2n) is 15.0. The molecule has 10 aromatic carbocycles. The molecule has 1 heterocycles. The van der Waals surface area contributed by atoms with Gasteiger partial charge in [-0.25, -0.2) is 0 Å². The highest BCUT2D eigenvalue weighted by Gasteiger charge is 2.27. The van der Waals surface area contributed by atoms with E-state index in [0.717, 1.165) is 22.7 Å². The van der Waals surface area contributed by atoms with Gasteiger partial charge < -0.3 is 9.80 Å². The third-order valence-corrected chi connectivity index (χ3v) is 11.6. The second kappa shape index (κ2) is 14.1. The first-order valence-electron chi connectivity index (χ1n) is 19.9. The molecule has 0 amide bonds. The summed E-state index contributed by atoms with van der Waals surface area (Å²) in [4.78, 5) is 4.80. The van der Waals surface area contributed by atoms with Crippen molar-refractivity contribution in [2.45, 2.75) is 0 Å². The summed E-state index contributed by atoms with van der Waals surface area (Å²) < 4.78 is 0. The summed E-state index contributed by atoms with van der Waals surface area (Å²) in [5.41, 5.74) is 16.6. The van der Waals surface area contributed by atoms with E-state index in [4.69, 9.17) is 0 Å². The lowest BCUT2D eigenvalue weighted by Gasteiger charge is -2.34. The normalized spacial score (nSPS) is 11.8. The van der Waals surface area contributed by atoms with E-state index in [9.17, 15) is 0 Å². The van der Waals surface area contributed by atoms with Gasteiger partial charge in [-0.2, -0.15) is 0 Å². The Bertz CT molecular complexity index is 2990. The van der Waals surface area contributed by atoms with Crippen molar-refractivity contribution in [3.63, 3.8) is 0 Å². The van der Waals surface area contributed by atoms with Crippen molar-refractivity contribution in [2.75, 3.05) is 9.80 Å². The maximum absolute atomic E-state index is 2.45. The predicted molar refractivity (Wildman–Crippen MR) is 246 cm³/mol. The molecular weight excluding hydrogens is 701 g/mol. The zero-order valence-corrected chi connectivity index (χ0v) is 31.8. The van der Waals surface area contributed by atoms with Crippen LogP contribution in [0.4, 0.5) is 34.1 Å². The first-order chi connectivity index (χ1) is 28.8. The Balaban J connectivity index is 0.983. The molecule has 0 saturated heterocycles. The van der Waals surface area contributed by atoms with Crippen molar-refractivity contribution in [3.8, 4) is 44.5 Å².